The van der Waals surface area contributed by atoms with Crippen LogP contribution in [0.2, 0.25) is 0 Å². The molecular formula is C17H27N3O. The fraction of sp³-hybridized carbons (Fsp3) is 0.588. The van der Waals surface area contributed by atoms with Gasteiger partial charge in [0.25, 0.3) is 0 Å². The normalized spacial score (nSPS) is 12.0. The third-order valence-electron chi connectivity index (χ3n) is 3.45. The number of hydrogen-bond donors (Lipinski definition) is 1. The molecule has 2 aromatic rings. The van der Waals surface area contributed by atoms with Gasteiger partial charge in [0, 0.05) is 24.4 Å². The summed E-state index contributed by atoms with van der Waals surface area (Å²) < 4.78 is 8.17. The first-order valence-corrected chi connectivity index (χ1v) is 7.72. The summed E-state index contributed by atoms with van der Waals surface area (Å²) >= 11 is 0. The summed E-state index contributed by atoms with van der Waals surface area (Å²) in [6.45, 7) is 12.3. The molecule has 4 nitrogen and oxygen atoms in total. The summed E-state index contributed by atoms with van der Waals surface area (Å²) in [5.41, 5.74) is 1.30. The van der Waals surface area contributed by atoms with E-state index in [-0.39, 0.29) is 5.54 Å². The predicted molar refractivity (Wildman–Crippen MR) is 85.4 cm³/mol. The number of imidazole rings is 1. The molecule has 0 aliphatic heterocycles. The second-order valence-corrected chi connectivity index (χ2v) is 6.64. The minimum absolute atomic E-state index is 0.0953. The standard InChI is InChI=1S/C17H27N3O/c1-6-7-16-18-8-9-20(16)12-14-10-13(2)15(21-14)11-19-17(3,4)5/h8-10,19H,6-7,11-12H2,1-5H3. The monoisotopic (exact) mass is 289 g/mol. The number of aryl methyl sites for hydroxylation is 2. The summed E-state index contributed by atoms with van der Waals surface area (Å²) in [4.78, 5) is 4.41. The van der Waals surface area contributed by atoms with Crippen molar-refractivity contribution in [2.24, 2.45) is 0 Å². The van der Waals surface area contributed by atoms with Gasteiger partial charge in [-0.05, 0) is 45.7 Å². The lowest BCUT2D eigenvalue weighted by atomic mass is 10.1. The first-order valence-electron chi connectivity index (χ1n) is 7.72. The van der Waals surface area contributed by atoms with E-state index in [1.54, 1.807) is 0 Å². The second kappa shape index (κ2) is 6.48. The van der Waals surface area contributed by atoms with E-state index in [9.17, 15) is 0 Å². The van der Waals surface area contributed by atoms with Gasteiger partial charge in [0.05, 0.1) is 13.1 Å². The highest BCUT2D eigenvalue weighted by Crippen LogP contribution is 2.17. The lowest BCUT2D eigenvalue weighted by Gasteiger charge is -2.19. The summed E-state index contributed by atoms with van der Waals surface area (Å²) in [6.07, 6.45) is 6.00. The van der Waals surface area contributed by atoms with Crippen LogP contribution in [0.4, 0.5) is 0 Å². The molecule has 4 heteroatoms. The Morgan fingerprint density at radius 3 is 2.76 bits per heavy atom. The van der Waals surface area contributed by atoms with Gasteiger partial charge in [0.2, 0.25) is 0 Å². The molecule has 0 bridgehead atoms. The number of hydrogen-bond acceptors (Lipinski definition) is 3. The van der Waals surface area contributed by atoms with Crippen molar-refractivity contribution in [2.45, 2.75) is 66.1 Å². The highest BCUT2D eigenvalue weighted by Gasteiger charge is 2.13. The molecule has 0 amide bonds. The van der Waals surface area contributed by atoms with Gasteiger partial charge in [-0.3, -0.25) is 0 Å². The Morgan fingerprint density at radius 2 is 2.10 bits per heavy atom. The molecule has 0 saturated carbocycles. The van der Waals surface area contributed by atoms with Crippen molar-refractivity contribution in [1.29, 1.82) is 0 Å². The summed E-state index contributed by atoms with van der Waals surface area (Å²) in [6, 6.07) is 2.13. The van der Waals surface area contributed by atoms with Crippen LogP contribution in [0, 0.1) is 6.92 Å². The van der Waals surface area contributed by atoms with Crippen LogP contribution in [0.5, 0.6) is 0 Å². The highest BCUT2D eigenvalue weighted by atomic mass is 16.3. The quantitative estimate of drug-likeness (QED) is 0.882. The van der Waals surface area contributed by atoms with Crippen molar-refractivity contribution in [2.75, 3.05) is 0 Å². The lowest BCUT2D eigenvalue weighted by molar-refractivity contribution is 0.374. The van der Waals surface area contributed by atoms with E-state index in [4.69, 9.17) is 4.42 Å². The van der Waals surface area contributed by atoms with Crippen molar-refractivity contribution >= 4 is 0 Å². The van der Waals surface area contributed by atoms with Crippen LogP contribution in [0.1, 0.15) is 57.0 Å². The average Bonchev–Trinajstić information content (AvgIpc) is 2.95. The second-order valence-electron chi connectivity index (χ2n) is 6.64. The Hall–Kier alpha value is -1.55. The number of nitrogens with one attached hydrogen (secondary N) is 1. The Bertz CT molecular complexity index is 575. The zero-order valence-corrected chi connectivity index (χ0v) is 13.9. The van der Waals surface area contributed by atoms with Crippen molar-refractivity contribution in [1.82, 2.24) is 14.9 Å². The van der Waals surface area contributed by atoms with Gasteiger partial charge in [-0.15, -0.1) is 0 Å². The molecule has 21 heavy (non-hydrogen) atoms. The SMILES string of the molecule is CCCc1nccn1Cc1cc(C)c(CNC(C)(C)C)o1. The minimum atomic E-state index is 0.0953. The molecule has 0 atom stereocenters. The number of furan rings is 1. The maximum atomic E-state index is 6.01. The third kappa shape index (κ3) is 4.46. The van der Waals surface area contributed by atoms with Crippen LogP contribution in [0.3, 0.4) is 0 Å². The van der Waals surface area contributed by atoms with Crippen molar-refractivity contribution in [3.63, 3.8) is 0 Å². The Balaban J connectivity index is 2.06. The first kappa shape index (κ1) is 15.8. The largest absolute Gasteiger partial charge is 0.463 e. The molecule has 0 unspecified atom stereocenters. The fourth-order valence-corrected chi connectivity index (χ4v) is 2.29. The van der Waals surface area contributed by atoms with Crippen LogP contribution in [-0.4, -0.2) is 15.1 Å². The third-order valence-corrected chi connectivity index (χ3v) is 3.45. The molecule has 0 aliphatic carbocycles. The maximum absolute atomic E-state index is 6.01. The van der Waals surface area contributed by atoms with E-state index in [0.717, 1.165) is 43.3 Å². The molecule has 0 aromatic carbocycles. The lowest BCUT2D eigenvalue weighted by Crippen LogP contribution is -2.35. The molecule has 0 saturated heterocycles. The zero-order chi connectivity index (χ0) is 15.5. The number of nitrogens with zero attached hydrogens (tertiary/aromatic N) is 2. The number of rotatable bonds is 6. The zero-order valence-electron chi connectivity index (χ0n) is 13.9. The summed E-state index contributed by atoms with van der Waals surface area (Å²) in [7, 11) is 0. The van der Waals surface area contributed by atoms with Gasteiger partial charge in [0.1, 0.15) is 17.3 Å². The van der Waals surface area contributed by atoms with Gasteiger partial charge >= 0.3 is 0 Å². The molecule has 2 rings (SSSR count). The first-order chi connectivity index (χ1) is 9.89. The van der Waals surface area contributed by atoms with Crippen LogP contribution in [-0.2, 0) is 19.5 Å². The van der Waals surface area contributed by atoms with E-state index in [0.29, 0.717) is 0 Å². The van der Waals surface area contributed by atoms with Gasteiger partial charge in [-0.2, -0.15) is 0 Å². The Kier molecular flexibility index (Phi) is 4.88. The molecule has 116 valence electrons. The van der Waals surface area contributed by atoms with Gasteiger partial charge < -0.3 is 14.3 Å². The van der Waals surface area contributed by atoms with Crippen molar-refractivity contribution in [3.05, 3.63) is 41.4 Å². The highest BCUT2D eigenvalue weighted by molar-refractivity contribution is 5.20. The molecule has 2 heterocycles. The van der Waals surface area contributed by atoms with Crippen LogP contribution in [0.25, 0.3) is 0 Å². The van der Waals surface area contributed by atoms with E-state index in [1.807, 2.05) is 12.4 Å². The van der Waals surface area contributed by atoms with E-state index in [1.165, 1.54) is 5.56 Å². The molecule has 0 aliphatic rings. The van der Waals surface area contributed by atoms with E-state index in [2.05, 4.69) is 55.6 Å². The molecule has 0 spiro atoms. The van der Waals surface area contributed by atoms with E-state index < -0.39 is 0 Å². The van der Waals surface area contributed by atoms with Crippen molar-refractivity contribution < 1.29 is 4.42 Å². The average molecular weight is 289 g/mol. The van der Waals surface area contributed by atoms with Crippen LogP contribution >= 0.6 is 0 Å². The Labute approximate surface area is 127 Å². The van der Waals surface area contributed by atoms with Gasteiger partial charge in [0.15, 0.2) is 0 Å². The van der Waals surface area contributed by atoms with Crippen LogP contribution < -0.4 is 5.32 Å². The molecule has 0 radical (unpaired) electrons. The maximum Gasteiger partial charge on any atom is 0.124 e. The number of aromatic nitrogens is 2. The summed E-state index contributed by atoms with van der Waals surface area (Å²) in [5, 5.41) is 3.47. The van der Waals surface area contributed by atoms with Gasteiger partial charge in [-0.25, -0.2) is 4.98 Å². The molecule has 0 fully saturated rings. The van der Waals surface area contributed by atoms with Crippen LogP contribution in [0.15, 0.2) is 22.9 Å². The van der Waals surface area contributed by atoms with Gasteiger partial charge in [-0.1, -0.05) is 6.92 Å². The molecule has 1 N–H and O–H groups in total. The summed E-state index contributed by atoms with van der Waals surface area (Å²) in [5.74, 6) is 3.14. The molecule has 2 aromatic heterocycles. The fourth-order valence-electron chi connectivity index (χ4n) is 2.29. The van der Waals surface area contributed by atoms with Crippen molar-refractivity contribution in [3.8, 4) is 0 Å². The minimum Gasteiger partial charge on any atom is -0.463 e. The predicted octanol–water partition coefficient (Wildman–Crippen LogP) is 3.67. The topological polar surface area (TPSA) is 43.0 Å². The smallest absolute Gasteiger partial charge is 0.124 e. The Morgan fingerprint density at radius 1 is 1.33 bits per heavy atom. The van der Waals surface area contributed by atoms with E-state index >= 15 is 0 Å². The molecular weight excluding hydrogens is 262 g/mol.